The van der Waals surface area contributed by atoms with Crippen LogP contribution in [-0.4, -0.2) is 102 Å². The van der Waals surface area contributed by atoms with Gasteiger partial charge in [-0.1, -0.05) is 18.2 Å². The number of nitrogens with zero attached hydrogens (tertiary/aromatic N) is 5. The number of anilines is 3. The van der Waals surface area contributed by atoms with Gasteiger partial charge in [0, 0.05) is 56.8 Å². The molecule has 2 aromatic heterocycles. The van der Waals surface area contributed by atoms with E-state index in [4.69, 9.17) is 19.6 Å². The molecule has 11 heteroatoms. The van der Waals surface area contributed by atoms with Crippen LogP contribution in [0.3, 0.4) is 0 Å². The topological polar surface area (TPSA) is 125 Å². The minimum atomic E-state index is -0.346. The third-order valence-corrected chi connectivity index (χ3v) is 7.40. The van der Waals surface area contributed by atoms with E-state index in [1.165, 1.54) is 0 Å². The Morgan fingerprint density at radius 2 is 1.95 bits per heavy atom. The quantitative estimate of drug-likeness (QED) is 0.323. The van der Waals surface area contributed by atoms with Crippen LogP contribution in [0, 0.1) is 6.92 Å². The molecule has 3 heterocycles. The number of benzene rings is 1. The van der Waals surface area contributed by atoms with Crippen molar-refractivity contribution < 1.29 is 19.4 Å². The van der Waals surface area contributed by atoms with Crippen LogP contribution in [0.4, 0.5) is 17.3 Å². The van der Waals surface area contributed by atoms with Crippen LogP contribution < -0.4 is 15.4 Å². The van der Waals surface area contributed by atoms with Crippen molar-refractivity contribution in [3.8, 4) is 5.88 Å². The van der Waals surface area contributed by atoms with Crippen LogP contribution in [-0.2, 0) is 16.0 Å². The number of likely N-dealkylation sites (N-methyl/N-ethyl adjacent to an activating group) is 1. The molecule has 216 valence electrons. The second kappa shape index (κ2) is 13.2. The largest absolute Gasteiger partial charge is 0.475 e. The van der Waals surface area contributed by atoms with E-state index in [9.17, 15) is 4.79 Å². The van der Waals surface area contributed by atoms with E-state index < -0.39 is 0 Å². The summed E-state index contributed by atoms with van der Waals surface area (Å²) >= 11 is 0. The highest BCUT2D eigenvalue weighted by Crippen LogP contribution is 2.37. The van der Waals surface area contributed by atoms with E-state index in [0.29, 0.717) is 30.5 Å². The Kier molecular flexibility index (Phi) is 9.20. The summed E-state index contributed by atoms with van der Waals surface area (Å²) in [6.45, 7) is 5.97. The Morgan fingerprint density at radius 3 is 2.68 bits per heavy atom. The van der Waals surface area contributed by atoms with Crippen molar-refractivity contribution in [2.45, 2.75) is 19.4 Å². The summed E-state index contributed by atoms with van der Waals surface area (Å²) in [5, 5.41) is 15.3. The van der Waals surface area contributed by atoms with E-state index in [1.54, 1.807) is 25.6 Å². The second-order valence-corrected chi connectivity index (χ2v) is 10.3. The average Bonchev–Trinajstić information content (AvgIpc) is 3.42. The zero-order chi connectivity index (χ0) is 28.8. The van der Waals surface area contributed by atoms with E-state index >= 15 is 0 Å². The number of aromatic nitrogens is 3. The molecule has 3 N–H and O–H groups in total. The van der Waals surface area contributed by atoms with Gasteiger partial charge in [-0.05, 0) is 49.2 Å². The maximum Gasteiger partial charge on any atom is 0.244 e. The Labute approximate surface area is 240 Å². The highest BCUT2D eigenvalue weighted by Gasteiger charge is 2.30. The summed E-state index contributed by atoms with van der Waals surface area (Å²) in [6.07, 6.45) is 6.28. The van der Waals surface area contributed by atoms with Gasteiger partial charge in [-0.3, -0.25) is 9.69 Å². The van der Waals surface area contributed by atoms with Crippen LogP contribution in [0.1, 0.15) is 22.4 Å². The number of aryl methyl sites for hydroxylation is 1. The Bertz CT molecular complexity index is 1390. The molecule has 1 saturated heterocycles. The zero-order valence-corrected chi connectivity index (χ0v) is 23.8. The summed E-state index contributed by atoms with van der Waals surface area (Å²) in [6, 6.07) is 9.19. The van der Waals surface area contributed by atoms with Crippen LogP contribution >= 0.6 is 0 Å². The molecule has 2 aliphatic rings. The first kappa shape index (κ1) is 28.6. The minimum absolute atomic E-state index is 0.0515. The van der Waals surface area contributed by atoms with Gasteiger partial charge in [0.15, 0.2) is 0 Å². The summed E-state index contributed by atoms with van der Waals surface area (Å²) < 4.78 is 10.8. The van der Waals surface area contributed by atoms with Gasteiger partial charge in [0.2, 0.25) is 17.7 Å². The Morgan fingerprint density at radius 1 is 1.12 bits per heavy atom. The predicted octanol–water partition coefficient (Wildman–Crippen LogP) is 2.48. The number of amides is 1. The molecular formula is C30H37N7O4. The Hall–Kier alpha value is -3.90. The number of aliphatic hydroxyl groups is 1. The molecule has 1 atom stereocenters. The van der Waals surface area contributed by atoms with Crippen molar-refractivity contribution in [3.05, 3.63) is 71.2 Å². The monoisotopic (exact) mass is 559 g/mol. The lowest BCUT2D eigenvalue weighted by Crippen LogP contribution is -2.54. The molecule has 41 heavy (non-hydrogen) atoms. The van der Waals surface area contributed by atoms with Crippen molar-refractivity contribution in [1.29, 1.82) is 0 Å². The lowest BCUT2D eigenvalue weighted by molar-refractivity contribution is -0.124. The first-order chi connectivity index (χ1) is 20.0. The maximum absolute atomic E-state index is 13.5. The van der Waals surface area contributed by atoms with Crippen molar-refractivity contribution in [1.82, 2.24) is 24.8 Å². The molecule has 1 fully saturated rings. The molecule has 3 aromatic rings. The summed E-state index contributed by atoms with van der Waals surface area (Å²) in [7, 11) is 3.74. The molecule has 0 saturated carbocycles. The SMILES string of the molecule is COC[C@H](C(=O)Nc1cccc2c1CC=C2c1nc(Nc2ccc(OCCO)nc2)ncc1C)N1CCN(C)CC1. The van der Waals surface area contributed by atoms with E-state index in [1.807, 2.05) is 25.1 Å². The lowest BCUT2D eigenvalue weighted by Gasteiger charge is -2.36. The molecule has 0 unspecified atom stereocenters. The number of carbonyl (C=O) groups is 1. The first-order valence-corrected chi connectivity index (χ1v) is 13.8. The molecule has 11 nitrogen and oxygen atoms in total. The third-order valence-electron chi connectivity index (χ3n) is 7.40. The summed E-state index contributed by atoms with van der Waals surface area (Å²) in [5.74, 6) is 0.831. The molecule has 0 spiro atoms. The van der Waals surface area contributed by atoms with E-state index in [-0.39, 0.29) is 25.2 Å². The normalized spacial score (nSPS) is 16.1. The third kappa shape index (κ3) is 6.71. The predicted molar refractivity (Wildman–Crippen MR) is 157 cm³/mol. The molecule has 1 aromatic carbocycles. The van der Waals surface area contributed by atoms with Crippen molar-refractivity contribution in [2.24, 2.45) is 0 Å². The van der Waals surface area contributed by atoms with Crippen LogP contribution in [0.25, 0.3) is 5.57 Å². The van der Waals surface area contributed by atoms with E-state index in [2.05, 4.69) is 49.6 Å². The maximum atomic E-state index is 13.5. The van der Waals surface area contributed by atoms with Crippen LogP contribution in [0.2, 0.25) is 0 Å². The fraction of sp³-hybridized carbons (Fsp3) is 0.400. The molecule has 1 aliphatic heterocycles. The van der Waals surface area contributed by atoms with Crippen LogP contribution in [0.15, 0.2) is 48.8 Å². The van der Waals surface area contributed by atoms with Gasteiger partial charge in [-0.25, -0.2) is 15.0 Å². The number of fused-ring (bicyclic) bond motifs is 1. The number of ether oxygens (including phenoxy) is 2. The fourth-order valence-corrected chi connectivity index (χ4v) is 5.16. The van der Waals surface area contributed by atoms with Gasteiger partial charge < -0.3 is 30.1 Å². The highest BCUT2D eigenvalue weighted by molar-refractivity contribution is 5.97. The van der Waals surface area contributed by atoms with Gasteiger partial charge in [-0.15, -0.1) is 0 Å². The molecule has 0 bridgehead atoms. The smallest absolute Gasteiger partial charge is 0.244 e. The number of hydrogen-bond donors (Lipinski definition) is 3. The van der Waals surface area contributed by atoms with E-state index in [0.717, 1.165) is 59.8 Å². The molecule has 5 rings (SSSR count). The standard InChI is InChI=1S/C30H37N7O4/c1-20-17-32-30(33-21-7-10-27(31-18-21)41-16-15-38)35-28(20)24-9-8-23-22(24)5-4-6-25(23)34-29(39)26(19-40-3)37-13-11-36(2)12-14-37/h4-7,9-10,17-18,26,38H,8,11-16,19H2,1-3H3,(H,34,39)(H,32,33,35)/t26-/m1/s1. The molecule has 0 radical (unpaired) electrons. The number of piperazine rings is 1. The average molecular weight is 560 g/mol. The lowest BCUT2D eigenvalue weighted by atomic mass is 9.99. The molecule has 1 aliphatic carbocycles. The van der Waals surface area contributed by atoms with Crippen LogP contribution in [0.5, 0.6) is 5.88 Å². The highest BCUT2D eigenvalue weighted by atomic mass is 16.5. The van der Waals surface area contributed by atoms with Gasteiger partial charge in [0.1, 0.15) is 12.6 Å². The van der Waals surface area contributed by atoms with Gasteiger partial charge >= 0.3 is 0 Å². The zero-order valence-electron chi connectivity index (χ0n) is 23.8. The number of aliphatic hydroxyl groups excluding tert-OH is 1. The first-order valence-electron chi connectivity index (χ1n) is 13.8. The van der Waals surface area contributed by atoms with Gasteiger partial charge in [-0.2, -0.15) is 0 Å². The number of allylic oxidation sites excluding steroid dienone is 1. The minimum Gasteiger partial charge on any atom is -0.475 e. The van der Waals surface area contributed by atoms with Crippen molar-refractivity contribution in [3.63, 3.8) is 0 Å². The van der Waals surface area contributed by atoms with Crippen molar-refractivity contribution in [2.75, 3.05) is 70.8 Å². The summed E-state index contributed by atoms with van der Waals surface area (Å²) in [4.78, 5) is 31.5. The fourth-order valence-electron chi connectivity index (χ4n) is 5.16. The Balaban J connectivity index is 1.32. The van der Waals surface area contributed by atoms with Gasteiger partial charge in [0.05, 0.1) is 30.8 Å². The number of carbonyl (C=O) groups excluding carboxylic acids is 1. The van der Waals surface area contributed by atoms with Crippen molar-refractivity contribution >= 4 is 28.8 Å². The number of methoxy groups -OCH3 is 1. The number of rotatable bonds is 11. The molecule has 1 amide bonds. The number of pyridine rings is 1. The molecular weight excluding hydrogens is 522 g/mol. The number of nitrogens with one attached hydrogen (secondary N) is 2. The second-order valence-electron chi connectivity index (χ2n) is 10.3. The summed E-state index contributed by atoms with van der Waals surface area (Å²) in [5.41, 5.74) is 6.44. The van der Waals surface area contributed by atoms with Gasteiger partial charge in [0.25, 0.3) is 0 Å². The number of hydrogen-bond acceptors (Lipinski definition) is 10.